The molecule has 9 heteroatoms. The van der Waals surface area contributed by atoms with Gasteiger partial charge in [-0.05, 0) is 30.5 Å². The van der Waals surface area contributed by atoms with E-state index in [1.165, 1.54) is 12.1 Å². The van der Waals surface area contributed by atoms with Gasteiger partial charge < -0.3 is 10.2 Å². The normalized spacial score (nSPS) is 16.0. The largest absolute Gasteiger partial charge is 0.375 e. The maximum atomic E-state index is 13.3. The summed E-state index contributed by atoms with van der Waals surface area (Å²) >= 11 is 5.74. The topological polar surface area (TPSA) is 70.5 Å². The zero-order valence-electron chi connectivity index (χ0n) is 14.6. The number of imide groups is 1. The third kappa shape index (κ3) is 3.16. The number of allylic oxidation sites excluding steroid dienone is 1. The van der Waals surface area contributed by atoms with E-state index in [-0.39, 0.29) is 17.5 Å². The highest BCUT2D eigenvalue weighted by atomic mass is 35.5. The fraction of sp³-hybridized carbons (Fsp3) is 0.278. The van der Waals surface area contributed by atoms with Gasteiger partial charge in [0.2, 0.25) is 0 Å². The summed E-state index contributed by atoms with van der Waals surface area (Å²) in [7, 11) is 1.92. The fourth-order valence-corrected chi connectivity index (χ4v) is 3.49. The first-order valence-electron chi connectivity index (χ1n) is 8.47. The molecule has 1 aromatic carbocycles. The molecule has 27 heavy (non-hydrogen) atoms. The molecule has 0 fully saturated rings. The number of halogens is 2. The maximum absolute atomic E-state index is 13.3. The van der Waals surface area contributed by atoms with Crippen LogP contribution in [-0.4, -0.2) is 45.1 Å². The molecule has 0 spiro atoms. The van der Waals surface area contributed by atoms with Gasteiger partial charge in [0.05, 0.1) is 35.1 Å². The third-order valence-electron chi connectivity index (χ3n) is 4.61. The lowest BCUT2D eigenvalue weighted by atomic mass is 10.0. The quantitative estimate of drug-likeness (QED) is 0.814. The van der Waals surface area contributed by atoms with Gasteiger partial charge in [0.15, 0.2) is 0 Å². The number of nitrogens with zero attached hydrogens (tertiary/aromatic N) is 4. The van der Waals surface area contributed by atoms with E-state index in [0.29, 0.717) is 36.5 Å². The predicted molar refractivity (Wildman–Crippen MR) is 98.0 cm³/mol. The van der Waals surface area contributed by atoms with Crippen LogP contribution in [0.4, 0.5) is 14.9 Å². The second kappa shape index (κ2) is 6.70. The van der Waals surface area contributed by atoms with Gasteiger partial charge in [-0.25, -0.2) is 9.18 Å². The third-order valence-corrected chi connectivity index (χ3v) is 4.90. The minimum Gasteiger partial charge on any atom is -0.375 e. The van der Waals surface area contributed by atoms with Crippen LogP contribution in [-0.2, 0) is 19.5 Å². The molecular weight excluding hydrogens is 373 g/mol. The van der Waals surface area contributed by atoms with Crippen LogP contribution in [0, 0.1) is 5.82 Å². The number of carbonyl (C=O) groups is 2. The lowest BCUT2D eigenvalue weighted by Crippen LogP contribution is -2.44. The summed E-state index contributed by atoms with van der Waals surface area (Å²) < 4.78 is 15.1. The van der Waals surface area contributed by atoms with E-state index in [4.69, 9.17) is 11.6 Å². The van der Waals surface area contributed by atoms with Crippen molar-refractivity contribution in [3.05, 3.63) is 58.3 Å². The summed E-state index contributed by atoms with van der Waals surface area (Å²) in [5, 5.41) is 7.04. The summed E-state index contributed by atoms with van der Waals surface area (Å²) in [6.07, 6.45) is 4.41. The van der Waals surface area contributed by atoms with Crippen LogP contribution in [0.3, 0.4) is 0 Å². The van der Waals surface area contributed by atoms with Gasteiger partial charge in [-0.3, -0.25) is 14.4 Å². The molecule has 2 aliphatic rings. The van der Waals surface area contributed by atoms with Crippen molar-refractivity contribution in [1.82, 2.24) is 19.6 Å². The Morgan fingerprint density at radius 2 is 2.19 bits per heavy atom. The van der Waals surface area contributed by atoms with Gasteiger partial charge in [0.1, 0.15) is 5.82 Å². The molecule has 1 N–H and O–H groups in total. The zero-order valence-corrected chi connectivity index (χ0v) is 15.3. The average Bonchev–Trinajstić information content (AvgIpc) is 2.86. The van der Waals surface area contributed by atoms with Crippen molar-refractivity contribution in [2.24, 2.45) is 0 Å². The molecule has 3 heterocycles. The van der Waals surface area contributed by atoms with E-state index < -0.39 is 11.8 Å². The van der Waals surface area contributed by atoms with Crippen molar-refractivity contribution in [3.8, 4) is 0 Å². The van der Waals surface area contributed by atoms with Crippen molar-refractivity contribution in [2.45, 2.75) is 19.5 Å². The zero-order chi connectivity index (χ0) is 19.1. The van der Waals surface area contributed by atoms with E-state index in [2.05, 4.69) is 10.4 Å². The number of aromatic nitrogens is 2. The maximum Gasteiger partial charge on any atom is 0.328 e. The lowest BCUT2D eigenvalue weighted by Gasteiger charge is -2.25. The number of urea groups is 1. The molecule has 0 unspecified atom stereocenters. The molecule has 2 aromatic rings. The van der Waals surface area contributed by atoms with Gasteiger partial charge in [-0.2, -0.15) is 5.10 Å². The van der Waals surface area contributed by atoms with Crippen LogP contribution in [0.2, 0.25) is 5.02 Å². The van der Waals surface area contributed by atoms with Crippen LogP contribution in [0.5, 0.6) is 0 Å². The number of amides is 3. The number of carbonyl (C=O) groups excluding carboxylic acids is 2. The summed E-state index contributed by atoms with van der Waals surface area (Å²) in [5.74, 6) is -0.952. The summed E-state index contributed by atoms with van der Waals surface area (Å²) in [6, 6.07) is 3.29. The van der Waals surface area contributed by atoms with Crippen LogP contribution >= 0.6 is 11.6 Å². The number of rotatable bonds is 1. The average molecular weight is 390 g/mol. The van der Waals surface area contributed by atoms with Crippen molar-refractivity contribution in [1.29, 1.82) is 0 Å². The first-order chi connectivity index (χ1) is 12.9. The summed E-state index contributed by atoms with van der Waals surface area (Å²) in [5.41, 5.74) is 2.32. The second-order valence-electron chi connectivity index (χ2n) is 6.52. The first kappa shape index (κ1) is 17.5. The summed E-state index contributed by atoms with van der Waals surface area (Å²) in [4.78, 5) is 28.7. The molecule has 7 nitrogen and oxygen atoms in total. The monoisotopic (exact) mass is 389 g/mol. The Hall–Kier alpha value is -2.87. The summed E-state index contributed by atoms with van der Waals surface area (Å²) in [6.45, 7) is 1.35. The second-order valence-corrected chi connectivity index (χ2v) is 6.92. The molecule has 1 aromatic heterocycles. The predicted octanol–water partition coefficient (Wildman–Crippen LogP) is 2.87. The van der Waals surface area contributed by atoms with Crippen molar-refractivity contribution >= 4 is 29.2 Å². The van der Waals surface area contributed by atoms with E-state index in [1.54, 1.807) is 0 Å². The van der Waals surface area contributed by atoms with Crippen LogP contribution < -0.4 is 5.32 Å². The van der Waals surface area contributed by atoms with Gasteiger partial charge in [-0.1, -0.05) is 11.6 Å². The molecule has 140 valence electrons. The van der Waals surface area contributed by atoms with E-state index in [1.807, 2.05) is 28.9 Å². The molecule has 0 saturated heterocycles. The fourth-order valence-electron chi connectivity index (χ4n) is 3.31. The Morgan fingerprint density at radius 3 is 2.96 bits per heavy atom. The van der Waals surface area contributed by atoms with Gasteiger partial charge in [0, 0.05) is 25.7 Å². The number of hydrogen-bond donors (Lipinski definition) is 1. The number of fused-ring (bicyclic) bond motifs is 3. The standard InChI is InChI=1S/C18H17ClFN5O2/c1-23-6-2-7-25-15(10-23)16-14(22-25)5-8-24(17(16)26)18(27)21-11-3-4-13(20)12(19)9-11/h2-4,6,9H,5,7-8,10H2,1H3,(H,21,27). The Labute approximate surface area is 160 Å². The van der Waals surface area contributed by atoms with Gasteiger partial charge >= 0.3 is 6.03 Å². The molecule has 0 atom stereocenters. The SMILES string of the molecule is CN1C=CCn2nc3c(c2C1)C(=O)N(C(=O)Nc1ccc(F)c(Cl)c1)CC3. The molecule has 0 aliphatic carbocycles. The number of benzene rings is 1. The van der Waals surface area contributed by atoms with Crippen molar-refractivity contribution in [3.63, 3.8) is 0 Å². The van der Waals surface area contributed by atoms with Crippen LogP contribution in [0.25, 0.3) is 0 Å². The lowest BCUT2D eigenvalue weighted by molar-refractivity contribution is 0.0796. The number of nitrogens with one attached hydrogen (secondary N) is 1. The van der Waals surface area contributed by atoms with E-state index >= 15 is 0 Å². The Bertz CT molecular complexity index is 971. The van der Waals surface area contributed by atoms with Gasteiger partial charge in [0.25, 0.3) is 5.91 Å². The first-order valence-corrected chi connectivity index (χ1v) is 8.85. The number of hydrogen-bond acceptors (Lipinski definition) is 4. The van der Waals surface area contributed by atoms with Crippen LogP contribution in [0.1, 0.15) is 21.7 Å². The Kier molecular flexibility index (Phi) is 4.35. The highest BCUT2D eigenvalue weighted by molar-refractivity contribution is 6.31. The molecule has 0 radical (unpaired) electrons. The Morgan fingerprint density at radius 1 is 1.37 bits per heavy atom. The van der Waals surface area contributed by atoms with E-state index in [0.717, 1.165) is 16.7 Å². The Balaban J connectivity index is 1.59. The minimum absolute atomic E-state index is 0.0995. The molecule has 0 saturated carbocycles. The highest BCUT2D eigenvalue weighted by Gasteiger charge is 2.35. The van der Waals surface area contributed by atoms with E-state index in [9.17, 15) is 14.0 Å². The molecular formula is C18H17ClFN5O2. The van der Waals surface area contributed by atoms with Gasteiger partial charge in [-0.15, -0.1) is 0 Å². The smallest absolute Gasteiger partial charge is 0.328 e. The number of anilines is 1. The molecule has 3 amide bonds. The van der Waals surface area contributed by atoms with Crippen LogP contribution in [0.15, 0.2) is 30.5 Å². The molecule has 2 aliphatic heterocycles. The molecule has 0 bridgehead atoms. The molecule has 4 rings (SSSR count). The highest BCUT2D eigenvalue weighted by Crippen LogP contribution is 2.26. The van der Waals surface area contributed by atoms with Crippen molar-refractivity contribution < 1.29 is 14.0 Å². The minimum atomic E-state index is -0.576. The van der Waals surface area contributed by atoms with Crippen molar-refractivity contribution in [2.75, 3.05) is 18.9 Å².